The van der Waals surface area contributed by atoms with Gasteiger partial charge in [0.1, 0.15) is 0 Å². The third-order valence-corrected chi connectivity index (χ3v) is 8.98. The van der Waals surface area contributed by atoms with Crippen molar-refractivity contribution in [1.82, 2.24) is 9.80 Å². The number of nitro groups is 2. The fourth-order valence-corrected chi connectivity index (χ4v) is 6.57. The number of carboxylic acid groups (broad SMARTS) is 2. The molecule has 4 rings (SSSR count). The van der Waals surface area contributed by atoms with E-state index in [1.807, 2.05) is 12.1 Å². The number of hydrogen-bond acceptors (Lipinski definition) is 11. The van der Waals surface area contributed by atoms with Gasteiger partial charge in [-0.05, 0) is 111 Å². The Labute approximate surface area is 341 Å². The first-order valence-corrected chi connectivity index (χ1v) is 17.0. The van der Waals surface area contributed by atoms with E-state index in [1.54, 1.807) is 24.3 Å². The summed E-state index contributed by atoms with van der Waals surface area (Å²) in [6, 6.07) is 13.2. The van der Waals surface area contributed by atoms with Crippen molar-refractivity contribution in [2.24, 2.45) is 0 Å². The van der Waals surface area contributed by atoms with Crippen LogP contribution in [0.3, 0.4) is 0 Å². The molecular formula is C35H54N6Na2O7. The average molecular weight is 717 g/mol. The van der Waals surface area contributed by atoms with Crippen LogP contribution in [0.25, 0.3) is 0 Å². The molecule has 15 heteroatoms. The van der Waals surface area contributed by atoms with Crippen LogP contribution in [0.4, 0.5) is 27.5 Å². The summed E-state index contributed by atoms with van der Waals surface area (Å²) in [4.78, 5) is 34.5. The zero-order valence-electron chi connectivity index (χ0n) is 31.7. The van der Waals surface area contributed by atoms with E-state index >= 15 is 0 Å². The number of anilines is 2. The summed E-state index contributed by atoms with van der Waals surface area (Å²) >= 11 is 0. The van der Waals surface area contributed by atoms with E-state index in [9.17, 15) is 20.2 Å². The Bertz CT molecular complexity index is 1250. The van der Waals surface area contributed by atoms with Crippen LogP contribution in [0.2, 0.25) is 0 Å². The molecule has 2 aliphatic heterocycles. The molecule has 2 aromatic carbocycles. The number of fused-ring (bicyclic) bond motifs is 2. The number of carbonyl (C=O) groups is 1. The van der Waals surface area contributed by atoms with Crippen molar-refractivity contribution >= 4 is 28.9 Å². The van der Waals surface area contributed by atoms with Crippen molar-refractivity contribution in [2.75, 3.05) is 23.7 Å². The molecule has 0 fully saturated rings. The van der Waals surface area contributed by atoms with Gasteiger partial charge in [0.25, 0.3) is 11.4 Å². The molecule has 0 bridgehead atoms. The van der Waals surface area contributed by atoms with Crippen LogP contribution in [-0.4, -0.2) is 75.1 Å². The van der Waals surface area contributed by atoms with Gasteiger partial charge in [-0.2, -0.15) is 0 Å². The van der Waals surface area contributed by atoms with Gasteiger partial charge in [-0.3, -0.25) is 30.0 Å². The molecule has 50 heavy (non-hydrogen) atoms. The maximum atomic E-state index is 10.9. The zero-order valence-corrected chi connectivity index (χ0v) is 35.7. The van der Waals surface area contributed by atoms with Crippen molar-refractivity contribution in [1.29, 1.82) is 0 Å². The van der Waals surface area contributed by atoms with Gasteiger partial charge < -0.3 is 25.6 Å². The van der Waals surface area contributed by atoms with Crippen LogP contribution in [-0.2, 0) is 12.8 Å². The van der Waals surface area contributed by atoms with Crippen molar-refractivity contribution in [2.45, 2.75) is 130 Å². The molecular weight excluding hydrogens is 662 g/mol. The second kappa shape index (κ2) is 23.6. The van der Waals surface area contributed by atoms with Gasteiger partial charge in [0.15, 0.2) is 0 Å². The number of aryl methyl sites for hydroxylation is 2. The minimum atomic E-state index is -2.33. The van der Waals surface area contributed by atoms with Gasteiger partial charge in [0.2, 0.25) is 0 Å². The molecule has 0 aromatic heterocycles. The molecule has 0 aliphatic carbocycles. The van der Waals surface area contributed by atoms with Crippen LogP contribution < -0.4 is 80.0 Å². The van der Waals surface area contributed by atoms with Gasteiger partial charge >= 0.3 is 59.1 Å². The molecule has 0 saturated heterocycles. The molecule has 2 unspecified atom stereocenters. The van der Waals surface area contributed by atoms with Crippen molar-refractivity contribution in [3.05, 3.63) is 67.8 Å². The first kappa shape index (κ1) is 48.0. The maximum absolute atomic E-state index is 10.9. The monoisotopic (exact) mass is 716 g/mol. The third kappa shape index (κ3) is 16.1. The van der Waals surface area contributed by atoms with E-state index in [0.717, 1.165) is 63.0 Å². The largest absolute Gasteiger partial charge is 1.00 e. The average Bonchev–Trinajstić information content (AvgIpc) is 2.99. The van der Waals surface area contributed by atoms with Gasteiger partial charge in [-0.1, -0.05) is 12.1 Å². The van der Waals surface area contributed by atoms with E-state index in [2.05, 4.69) is 75.8 Å². The molecule has 2 heterocycles. The van der Waals surface area contributed by atoms with Gasteiger partial charge in [-0.15, -0.1) is 0 Å². The number of nitrogens with zero attached hydrogens (tertiary/aromatic N) is 4. The molecule has 0 radical (unpaired) electrons. The summed E-state index contributed by atoms with van der Waals surface area (Å²) in [5.74, 6) is 0. The van der Waals surface area contributed by atoms with Crippen molar-refractivity contribution in [3.63, 3.8) is 0 Å². The van der Waals surface area contributed by atoms with E-state index in [4.69, 9.17) is 15.0 Å². The number of non-ortho nitro benzene ring substituents is 2. The second-order valence-corrected chi connectivity index (χ2v) is 13.6. The fraction of sp³-hybridized carbons (Fsp3) is 0.629. The summed E-state index contributed by atoms with van der Waals surface area (Å²) in [7, 11) is 0. The van der Waals surface area contributed by atoms with E-state index in [1.165, 1.54) is 11.1 Å². The van der Waals surface area contributed by atoms with Crippen LogP contribution in [0, 0.1) is 20.2 Å². The summed E-state index contributed by atoms with van der Waals surface area (Å²) in [6.45, 7) is 19.9. The SMILES string of the molecule is CC(C)N(CCC1CCc2ccc([N+](=O)[O-])cc2N1)C(C)C.CC(C)N(CCC1CCc2ccc([N+](=O)[O-])cc2N1)C(C)C.O=C([O-])[O-].[Na+].[Na+]. The summed E-state index contributed by atoms with van der Waals surface area (Å²) < 4.78 is 0. The summed E-state index contributed by atoms with van der Waals surface area (Å²) in [5, 5.41) is 45.5. The summed E-state index contributed by atoms with van der Waals surface area (Å²) in [6.07, 6.45) is 3.98. The number of nitro benzene ring substituents is 2. The zero-order chi connectivity index (χ0) is 36.1. The van der Waals surface area contributed by atoms with E-state index < -0.39 is 6.16 Å². The van der Waals surface area contributed by atoms with Crippen LogP contribution in [0.1, 0.15) is 92.2 Å². The topological polar surface area (TPSA) is 180 Å². The molecule has 2 N–H and O–H groups in total. The van der Waals surface area contributed by atoms with Gasteiger partial charge in [0, 0.05) is 85.0 Å². The summed E-state index contributed by atoms with van der Waals surface area (Å²) in [5.41, 5.74) is 4.57. The fourth-order valence-electron chi connectivity index (χ4n) is 6.57. The van der Waals surface area contributed by atoms with Crippen LogP contribution in [0.5, 0.6) is 0 Å². The molecule has 268 valence electrons. The minimum Gasteiger partial charge on any atom is -0.652 e. The minimum absolute atomic E-state index is 0. The number of carbonyl (C=O) groups excluding carboxylic acids is 1. The molecule has 0 saturated carbocycles. The first-order valence-electron chi connectivity index (χ1n) is 17.0. The number of hydrogen-bond donors (Lipinski definition) is 2. The molecule has 0 spiro atoms. The third-order valence-electron chi connectivity index (χ3n) is 8.98. The van der Waals surface area contributed by atoms with Crippen molar-refractivity contribution < 1.29 is 84.0 Å². The molecule has 2 aromatic rings. The Hall–Kier alpha value is -1.97. The Morgan fingerprint density at radius 1 is 0.680 bits per heavy atom. The first-order chi connectivity index (χ1) is 22.5. The van der Waals surface area contributed by atoms with E-state index in [-0.39, 0.29) is 80.3 Å². The predicted molar refractivity (Wildman–Crippen MR) is 186 cm³/mol. The molecule has 13 nitrogen and oxygen atoms in total. The molecule has 2 aliphatic rings. The van der Waals surface area contributed by atoms with Gasteiger partial charge in [-0.25, -0.2) is 0 Å². The number of nitrogens with one attached hydrogen (secondary N) is 2. The van der Waals surface area contributed by atoms with E-state index in [0.29, 0.717) is 36.3 Å². The number of benzene rings is 2. The Morgan fingerprint density at radius 2 is 0.980 bits per heavy atom. The Kier molecular flexibility index (Phi) is 22.6. The Balaban J connectivity index is 0.000000837. The maximum Gasteiger partial charge on any atom is 1.00 e. The van der Waals surface area contributed by atoms with Gasteiger partial charge in [0.05, 0.1) is 9.85 Å². The second-order valence-electron chi connectivity index (χ2n) is 13.6. The van der Waals surface area contributed by atoms with Crippen LogP contribution in [0.15, 0.2) is 36.4 Å². The quantitative estimate of drug-likeness (QED) is 0.160. The predicted octanol–water partition coefficient (Wildman–Crippen LogP) is -0.778. The van der Waals surface area contributed by atoms with Crippen molar-refractivity contribution in [3.8, 4) is 0 Å². The standard InChI is InChI=1S/2C17H27N3O2.CH2O3.2Na/c2*1-12(2)19(13(3)4)10-9-15-7-5-14-6-8-16(20(21)22)11-17(14)18-15;2-1(3)4;;/h2*6,8,11-13,15,18H,5,7,9-10H2,1-4H3;(H2,2,3,4);;/q;;;2*+1/p-2. The normalized spacial score (nSPS) is 16.0. The smallest absolute Gasteiger partial charge is 0.652 e. The number of rotatable bonds is 12. The van der Waals surface area contributed by atoms with Crippen LogP contribution >= 0.6 is 0 Å². The molecule has 0 amide bonds. The Morgan fingerprint density at radius 3 is 1.24 bits per heavy atom. The molecule has 2 atom stereocenters.